The zero-order chi connectivity index (χ0) is 16.4. The van der Waals surface area contributed by atoms with Gasteiger partial charge < -0.3 is 0 Å². The van der Waals surface area contributed by atoms with Crippen LogP contribution in [0.2, 0.25) is 5.02 Å². The van der Waals surface area contributed by atoms with Crippen LogP contribution in [-0.4, -0.2) is 30.3 Å². The highest BCUT2D eigenvalue weighted by Crippen LogP contribution is 2.32. The lowest BCUT2D eigenvalue weighted by Crippen LogP contribution is -2.29. The van der Waals surface area contributed by atoms with Crippen molar-refractivity contribution in [2.24, 2.45) is 0 Å². The summed E-state index contributed by atoms with van der Waals surface area (Å²) in [5, 5.41) is 5.00. The van der Waals surface area contributed by atoms with Crippen molar-refractivity contribution in [2.75, 3.05) is 19.6 Å². The lowest BCUT2D eigenvalue weighted by Gasteiger charge is -2.17. The second-order valence-electron chi connectivity index (χ2n) is 5.72. The van der Waals surface area contributed by atoms with E-state index in [0.717, 1.165) is 45.2 Å². The number of hydrogen-bond donors (Lipinski definition) is 0. The van der Waals surface area contributed by atoms with Crippen LogP contribution in [0.3, 0.4) is 0 Å². The van der Waals surface area contributed by atoms with Crippen molar-refractivity contribution in [1.82, 2.24) is 4.90 Å². The van der Waals surface area contributed by atoms with Crippen LogP contribution in [-0.2, 0) is 0 Å². The maximum absolute atomic E-state index is 12.6. The third kappa shape index (κ3) is 3.10. The lowest BCUT2D eigenvalue weighted by molar-refractivity contribution is 0.0937. The molecule has 3 heteroatoms. The van der Waals surface area contributed by atoms with Crippen molar-refractivity contribution in [3.63, 3.8) is 0 Å². The largest absolute Gasteiger partial charge is 0.296 e. The molecule has 0 saturated carbocycles. The van der Waals surface area contributed by atoms with E-state index < -0.39 is 0 Å². The number of fused-ring (bicyclic) bond motifs is 3. The van der Waals surface area contributed by atoms with Crippen LogP contribution in [0.15, 0.2) is 48.5 Å². The number of carbonyl (C=O) groups is 1. The average Bonchev–Trinajstić information content (AvgIpc) is 2.59. The van der Waals surface area contributed by atoms with Crippen molar-refractivity contribution < 1.29 is 4.79 Å². The Kier molecular flexibility index (Phi) is 4.65. The second-order valence-corrected chi connectivity index (χ2v) is 6.13. The third-order valence-corrected chi connectivity index (χ3v) is 4.71. The smallest absolute Gasteiger partial charge is 0.176 e. The number of likely N-dealkylation sites (N-methyl/N-ethyl adjacent to an activating group) is 1. The van der Waals surface area contributed by atoms with Gasteiger partial charge in [0, 0.05) is 16.0 Å². The van der Waals surface area contributed by atoms with E-state index in [1.807, 2.05) is 42.5 Å². The minimum absolute atomic E-state index is 0.162. The molecule has 0 spiro atoms. The van der Waals surface area contributed by atoms with Crippen LogP contribution in [0.5, 0.6) is 0 Å². The zero-order valence-corrected chi connectivity index (χ0v) is 14.2. The van der Waals surface area contributed by atoms with Crippen LogP contribution >= 0.6 is 11.6 Å². The molecule has 0 bridgehead atoms. The maximum atomic E-state index is 12.6. The molecular weight excluding hydrogens is 306 g/mol. The number of halogens is 1. The van der Waals surface area contributed by atoms with E-state index in [4.69, 9.17) is 11.6 Å². The van der Waals surface area contributed by atoms with Crippen molar-refractivity contribution in [3.8, 4) is 0 Å². The first-order valence-corrected chi connectivity index (χ1v) is 8.38. The summed E-state index contributed by atoms with van der Waals surface area (Å²) < 4.78 is 0. The second kappa shape index (κ2) is 6.69. The van der Waals surface area contributed by atoms with Gasteiger partial charge >= 0.3 is 0 Å². The summed E-state index contributed by atoms with van der Waals surface area (Å²) in [5.74, 6) is 0.162. The van der Waals surface area contributed by atoms with Gasteiger partial charge in [0.1, 0.15) is 0 Å². The predicted octanol–water partition coefficient (Wildman–Crippen LogP) is 5.17. The Morgan fingerprint density at radius 2 is 1.65 bits per heavy atom. The molecule has 0 unspecified atom stereocenters. The van der Waals surface area contributed by atoms with Crippen molar-refractivity contribution in [2.45, 2.75) is 13.8 Å². The van der Waals surface area contributed by atoms with Gasteiger partial charge in [-0.25, -0.2) is 0 Å². The highest BCUT2D eigenvalue weighted by Gasteiger charge is 2.12. The Balaban J connectivity index is 2.09. The van der Waals surface area contributed by atoms with E-state index in [2.05, 4.69) is 24.8 Å². The molecule has 0 aromatic heterocycles. The van der Waals surface area contributed by atoms with E-state index in [9.17, 15) is 4.79 Å². The molecule has 3 aromatic carbocycles. The minimum atomic E-state index is 0.162. The molecule has 0 N–H and O–H groups in total. The summed E-state index contributed by atoms with van der Waals surface area (Å²) in [7, 11) is 0. The number of nitrogens with zero attached hydrogens (tertiary/aromatic N) is 1. The predicted molar refractivity (Wildman–Crippen MR) is 98.6 cm³/mol. The standard InChI is InChI=1S/C20H20ClNO/c1-3-22(4-2)13-20(23)15-10-9-14-12-19(21)17-8-6-5-7-16(17)18(14)11-15/h5-12H,3-4,13H2,1-2H3. The summed E-state index contributed by atoms with van der Waals surface area (Å²) in [6, 6.07) is 15.9. The monoisotopic (exact) mass is 325 g/mol. The van der Waals surface area contributed by atoms with Crippen molar-refractivity contribution >= 4 is 38.9 Å². The molecule has 0 radical (unpaired) electrons. The highest BCUT2D eigenvalue weighted by molar-refractivity contribution is 6.37. The van der Waals surface area contributed by atoms with E-state index in [1.165, 1.54) is 0 Å². The Morgan fingerprint density at radius 1 is 0.957 bits per heavy atom. The summed E-state index contributed by atoms with van der Waals surface area (Å²) in [4.78, 5) is 14.7. The molecule has 0 aliphatic heterocycles. The SMILES string of the molecule is CCN(CC)CC(=O)c1ccc2cc(Cl)c3ccccc3c2c1. The number of rotatable bonds is 5. The van der Waals surface area contributed by atoms with Gasteiger partial charge in [0.15, 0.2) is 5.78 Å². The first-order chi connectivity index (χ1) is 11.1. The quantitative estimate of drug-likeness (QED) is 0.476. The van der Waals surface area contributed by atoms with Crippen LogP contribution < -0.4 is 0 Å². The molecule has 0 aliphatic carbocycles. The maximum Gasteiger partial charge on any atom is 0.176 e. The lowest BCUT2D eigenvalue weighted by atomic mass is 9.98. The van der Waals surface area contributed by atoms with Gasteiger partial charge in [0.25, 0.3) is 0 Å². The normalized spacial score (nSPS) is 11.5. The van der Waals surface area contributed by atoms with E-state index in [-0.39, 0.29) is 5.78 Å². The summed E-state index contributed by atoms with van der Waals surface area (Å²) in [6.45, 7) is 6.38. The van der Waals surface area contributed by atoms with Gasteiger partial charge in [-0.15, -0.1) is 0 Å². The van der Waals surface area contributed by atoms with Crippen molar-refractivity contribution in [3.05, 3.63) is 59.1 Å². The fourth-order valence-electron chi connectivity index (χ4n) is 2.97. The summed E-state index contributed by atoms with van der Waals surface area (Å²) in [5.41, 5.74) is 0.761. The molecule has 0 aliphatic rings. The number of benzene rings is 3. The first kappa shape index (κ1) is 16.0. The molecule has 0 atom stereocenters. The average molecular weight is 326 g/mol. The Bertz CT molecular complexity index is 868. The Hall–Kier alpha value is -1.90. The molecule has 0 amide bonds. The highest BCUT2D eigenvalue weighted by atomic mass is 35.5. The van der Waals surface area contributed by atoms with Gasteiger partial charge in [-0.05, 0) is 41.4 Å². The van der Waals surface area contributed by atoms with Crippen LogP contribution in [0.1, 0.15) is 24.2 Å². The van der Waals surface area contributed by atoms with Gasteiger partial charge in [0.2, 0.25) is 0 Å². The fourth-order valence-corrected chi connectivity index (χ4v) is 3.25. The van der Waals surface area contributed by atoms with E-state index in [0.29, 0.717) is 6.54 Å². The molecular formula is C20H20ClNO. The molecule has 118 valence electrons. The number of Topliss-reactive ketones (excluding diaryl/α,β-unsaturated/α-hetero) is 1. The van der Waals surface area contributed by atoms with E-state index in [1.54, 1.807) is 0 Å². The summed E-state index contributed by atoms with van der Waals surface area (Å²) >= 11 is 6.37. The first-order valence-electron chi connectivity index (χ1n) is 8.00. The van der Waals surface area contributed by atoms with Gasteiger partial charge in [-0.3, -0.25) is 9.69 Å². The minimum Gasteiger partial charge on any atom is -0.296 e. The van der Waals surface area contributed by atoms with Crippen molar-refractivity contribution in [1.29, 1.82) is 0 Å². The molecule has 3 aromatic rings. The van der Waals surface area contributed by atoms with Gasteiger partial charge in [-0.1, -0.05) is 61.8 Å². The topological polar surface area (TPSA) is 20.3 Å². The van der Waals surface area contributed by atoms with Gasteiger partial charge in [0.05, 0.1) is 6.54 Å². The Labute approximate surface area is 141 Å². The van der Waals surface area contributed by atoms with Crippen LogP contribution in [0, 0.1) is 0 Å². The number of carbonyl (C=O) groups excluding carboxylic acids is 1. The molecule has 2 nitrogen and oxygen atoms in total. The Morgan fingerprint density at radius 3 is 2.35 bits per heavy atom. The van der Waals surface area contributed by atoms with Gasteiger partial charge in [-0.2, -0.15) is 0 Å². The molecule has 3 rings (SSSR count). The third-order valence-electron chi connectivity index (χ3n) is 4.39. The fraction of sp³-hybridized carbons (Fsp3) is 0.250. The molecule has 0 heterocycles. The molecule has 0 saturated heterocycles. The van der Waals surface area contributed by atoms with E-state index >= 15 is 0 Å². The number of hydrogen-bond acceptors (Lipinski definition) is 2. The zero-order valence-electron chi connectivity index (χ0n) is 13.5. The number of ketones is 1. The molecule has 0 fully saturated rings. The van der Waals surface area contributed by atoms with Crippen LogP contribution in [0.25, 0.3) is 21.5 Å². The van der Waals surface area contributed by atoms with Crippen LogP contribution in [0.4, 0.5) is 0 Å². The summed E-state index contributed by atoms with van der Waals surface area (Å²) in [6.07, 6.45) is 0. The molecule has 23 heavy (non-hydrogen) atoms.